The van der Waals surface area contributed by atoms with Crippen LogP contribution in [0.4, 0.5) is 0 Å². The van der Waals surface area contributed by atoms with Crippen molar-refractivity contribution in [1.82, 2.24) is 15.2 Å². The van der Waals surface area contributed by atoms with E-state index in [0.29, 0.717) is 6.42 Å². The summed E-state index contributed by atoms with van der Waals surface area (Å²) >= 11 is 3.46. The molecule has 2 atom stereocenters. The number of sulfone groups is 1. The number of aromatic nitrogens is 2. The van der Waals surface area contributed by atoms with Crippen LogP contribution in [0.5, 0.6) is 0 Å². The summed E-state index contributed by atoms with van der Waals surface area (Å²) in [6.45, 7) is 4.01. The molecule has 0 aliphatic carbocycles. The van der Waals surface area contributed by atoms with Crippen LogP contribution in [0.1, 0.15) is 50.9 Å². The van der Waals surface area contributed by atoms with E-state index in [2.05, 4.69) is 26.5 Å². The molecule has 0 bridgehead atoms. The van der Waals surface area contributed by atoms with Crippen molar-refractivity contribution in [2.45, 2.75) is 50.4 Å². The molecular weight excluding hydrogens is 344 g/mol. The Balaban J connectivity index is 2.45. The molecule has 2 heterocycles. The molecule has 2 unspecified atom stereocenters. The molecule has 3 N–H and O–H groups in total. The molecule has 0 amide bonds. The second-order valence-electron chi connectivity index (χ2n) is 5.46. The van der Waals surface area contributed by atoms with Crippen molar-refractivity contribution in [3.63, 3.8) is 0 Å². The Morgan fingerprint density at radius 3 is 2.75 bits per heavy atom. The van der Waals surface area contributed by atoms with Crippen LogP contribution in [-0.2, 0) is 9.84 Å². The Morgan fingerprint density at radius 2 is 2.20 bits per heavy atom. The number of hydrogen-bond acceptors (Lipinski definition) is 5. The molecule has 1 saturated heterocycles. The summed E-state index contributed by atoms with van der Waals surface area (Å²) < 4.78 is 27.3. The molecule has 8 heteroatoms. The zero-order valence-electron chi connectivity index (χ0n) is 11.7. The molecular formula is C12H21BrN4O2S. The van der Waals surface area contributed by atoms with Crippen LogP contribution in [0.3, 0.4) is 0 Å². The van der Waals surface area contributed by atoms with Gasteiger partial charge in [0.05, 0.1) is 33.4 Å². The lowest BCUT2D eigenvalue weighted by molar-refractivity contribution is 0.408. The van der Waals surface area contributed by atoms with Crippen LogP contribution in [0.25, 0.3) is 0 Å². The van der Waals surface area contributed by atoms with E-state index < -0.39 is 21.1 Å². The second-order valence-corrected chi connectivity index (χ2v) is 8.66. The average Bonchev–Trinajstić information content (AvgIpc) is 2.75. The highest BCUT2D eigenvalue weighted by molar-refractivity contribution is 9.10. The normalized spacial score (nSPS) is 23.9. The van der Waals surface area contributed by atoms with Crippen molar-refractivity contribution in [2.24, 2.45) is 5.84 Å². The zero-order chi connectivity index (χ0) is 14.9. The number of rotatable bonds is 4. The summed E-state index contributed by atoms with van der Waals surface area (Å²) in [5.74, 6) is 5.92. The number of halogens is 1. The van der Waals surface area contributed by atoms with Crippen LogP contribution < -0.4 is 11.3 Å². The fourth-order valence-corrected chi connectivity index (χ4v) is 5.35. The fourth-order valence-electron chi connectivity index (χ4n) is 2.77. The van der Waals surface area contributed by atoms with E-state index in [9.17, 15) is 8.42 Å². The monoisotopic (exact) mass is 364 g/mol. The highest BCUT2D eigenvalue weighted by Crippen LogP contribution is 2.34. The van der Waals surface area contributed by atoms with Crippen molar-refractivity contribution in [3.8, 4) is 0 Å². The van der Waals surface area contributed by atoms with E-state index >= 15 is 0 Å². The Bertz CT molecular complexity index is 570. The maximum Gasteiger partial charge on any atom is 0.155 e. The van der Waals surface area contributed by atoms with Crippen molar-refractivity contribution in [2.75, 3.05) is 5.75 Å². The third-order valence-electron chi connectivity index (χ3n) is 3.75. The molecule has 114 valence electrons. The predicted molar refractivity (Wildman–Crippen MR) is 81.8 cm³/mol. The third-order valence-corrected chi connectivity index (χ3v) is 6.65. The number of hydrazine groups is 1. The van der Waals surface area contributed by atoms with Crippen LogP contribution in [0.15, 0.2) is 10.7 Å². The van der Waals surface area contributed by atoms with Crippen LogP contribution >= 0.6 is 15.9 Å². The van der Waals surface area contributed by atoms with Gasteiger partial charge in [0.1, 0.15) is 0 Å². The van der Waals surface area contributed by atoms with Gasteiger partial charge in [-0.15, -0.1) is 0 Å². The Hall–Kier alpha value is -0.440. The number of hydrogen-bond donors (Lipinski definition) is 2. The van der Waals surface area contributed by atoms with Gasteiger partial charge in [-0.25, -0.2) is 8.42 Å². The highest BCUT2D eigenvalue weighted by atomic mass is 79.9. The van der Waals surface area contributed by atoms with Crippen LogP contribution in [-0.4, -0.2) is 29.2 Å². The molecule has 0 aromatic carbocycles. The topological polar surface area (TPSA) is 90.0 Å². The van der Waals surface area contributed by atoms with Crippen molar-refractivity contribution in [3.05, 3.63) is 16.4 Å². The van der Waals surface area contributed by atoms with Gasteiger partial charge >= 0.3 is 0 Å². The van der Waals surface area contributed by atoms with E-state index in [4.69, 9.17) is 5.84 Å². The van der Waals surface area contributed by atoms with Gasteiger partial charge in [-0.2, -0.15) is 5.10 Å². The second kappa shape index (κ2) is 6.13. The van der Waals surface area contributed by atoms with Gasteiger partial charge in [0, 0.05) is 6.04 Å². The average molecular weight is 365 g/mol. The predicted octanol–water partition coefficient (Wildman–Crippen LogP) is 1.70. The van der Waals surface area contributed by atoms with Gasteiger partial charge in [-0.05, 0) is 42.6 Å². The molecule has 0 saturated carbocycles. The van der Waals surface area contributed by atoms with Crippen LogP contribution in [0, 0.1) is 0 Å². The molecule has 6 nitrogen and oxygen atoms in total. The molecule has 1 aliphatic rings. The van der Waals surface area contributed by atoms with Gasteiger partial charge in [0.15, 0.2) is 9.84 Å². The van der Waals surface area contributed by atoms with Gasteiger partial charge < -0.3 is 0 Å². The Kier molecular flexibility index (Phi) is 4.88. The number of nitrogens with two attached hydrogens (primary N) is 1. The Labute approximate surface area is 128 Å². The smallest absolute Gasteiger partial charge is 0.155 e. The van der Waals surface area contributed by atoms with Crippen molar-refractivity contribution in [1.29, 1.82) is 0 Å². The minimum absolute atomic E-state index is 0.137. The molecule has 1 fully saturated rings. The molecule has 1 aromatic rings. The fraction of sp³-hybridized carbons (Fsp3) is 0.750. The lowest BCUT2D eigenvalue weighted by atomic mass is 10.0. The number of nitrogens with one attached hydrogen (secondary N) is 1. The molecule has 0 spiro atoms. The summed E-state index contributed by atoms with van der Waals surface area (Å²) in [5, 5.41) is 3.81. The van der Waals surface area contributed by atoms with E-state index in [1.54, 1.807) is 6.20 Å². The SMILES string of the molecule is CC(C)n1ncc(Br)c1C(NN)C1CCCCS1(=O)=O. The van der Waals surface area contributed by atoms with Gasteiger partial charge in [0.2, 0.25) is 0 Å². The Morgan fingerprint density at radius 1 is 1.50 bits per heavy atom. The summed E-state index contributed by atoms with van der Waals surface area (Å²) in [5.41, 5.74) is 3.50. The van der Waals surface area contributed by atoms with Gasteiger partial charge in [-0.3, -0.25) is 16.0 Å². The first-order valence-corrected chi connectivity index (χ1v) is 9.30. The minimum atomic E-state index is -3.12. The first-order valence-electron chi connectivity index (χ1n) is 6.79. The van der Waals surface area contributed by atoms with E-state index in [-0.39, 0.29) is 11.8 Å². The van der Waals surface area contributed by atoms with Crippen molar-refractivity contribution < 1.29 is 8.42 Å². The summed E-state index contributed by atoms with van der Waals surface area (Å²) in [7, 11) is -3.12. The summed E-state index contributed by atoms with van der Waals surface area (Å²) in [6.07, 6.45) is 3.97. The third kappa shape index (κ3) is 2.93. The molecule has 2 rings (SSSR count). The standard InChI is InChI=1S/C12H21BrN4O2S/c1-8(2)17-12(9(13)7-15-17)11(16-14)10-5-3-4-6-20(10,18)19/h7-8,10-11,16H,3-6,14H2,1-2H3. The molecule has 1 aromatic heterocycles. The zero-order valence-corrected chi connectivity index (χ0v) is 14.1. The lowest BCUT2D eigenvalue weighted by Gasteiger charge is -2.30. The summed E-state index contributed by atoms with van der Waals surface area (Å²) in [4.78, 5) is 0. The van der Waals surface area contributed by atoms with Gasteiger partial charge in [-0.1, -0.05) is 6.42 Å². The highest BCUT2D eigenvalue weighted by Gasteiger charge is 2.38. The summed E-state index contributed by atoms with van der Waals surface area (Å²) in [6, 6.07) is -0.307. The van der Waals surface area contributed by atoms with E-state index in [0.717, 1.165) is 23.0 Å². The quantitative estimate of drug-likeness (QED) is 0.626. The molecule has 0 radical (unpaired) electrons. The van der Waals surface area contributed by atoms with Crippen molar-refractivity contribution >= 4 is 25.8 Å². The first kappa shape index (κ1) is 15.9. The maximum absolute atomic E-state index is 12.3. The van der Waals surface area contributed by atoms with Crippen LogP contribution in [0.2, 0.25) is 0 Å². The molecule has 20 heavy (non-hydrogen) atoms. The van der Waals surface area contributed by atoms with E-state index in [1.165, 1.54) is 0 Å². The maximum atomic E-state index is 12.3. The number of nitrogens with zero attached hydrogens (tertiary/aromatic N) is 2. The first-order chi connectivity index (χ1) is 9.38. The molecule has 1 aliphatic heterocycles. The minimum Gasteiger partial charge on any atom is -0.271 e. The lowest BCUT2D eigenvalue weighted by Crippen LogP contribution is -2.44. The van der Waals surface area contributed by atoms with E-state index in [1.807, 2.05) is 18.5 Å². The van der Waals surface area contributed by atoms with Gasteiger partial charge in [0.25, 0.3) is 0 Å². The largest absolute Gasteiger partial charge is 0.271 e.